The lowest BCUT2D eigenvalue weighted by atomic mass is 9.83. The van der Waals surface area contributed by atoms with Crippen LogP contribution < -0.4 is 0 Å². The van der Waals surface area contributed by atoms with Crippen LogP contribution in [-0.4, -0.2) is 48.3 Å². The lowest BCUT2D eigenvalue weighted by Crippen LogP contribution is -2.56. The zero-order chi connectivity index (χ0) is 18.3. The third kappa shape index (κ3) is 3.77. The molecule has 1 saturated carbocycles. The maximum absolute atomic E-state index is 13.3. The first-order valence-corrected chi connectivity index (χ1v) is 7.48. The van der Waals surface area contributed by atoms with E-state index in [1.54, 1.807) is 6.92 Å². The van der Waals surface area contributed by atoms with E-state index in [1.165, 1.54) is 0 Å². The van der Waals surface area contributed by atoms with Gasteiger partial charge in [0.2, 0.25) is 0 Å². The highest BCUT2D eigenvalue weighted by atomic mass is 19.4. The van der Waals surface area contributed by atoms with Gasteiger partial charge < -0.3 is 9.64 Å². The van der Waals surface area contributed by atoms with Crippen molar-refractivity contribution < 1.29 is 40.7 Å². The van der Waals surface area contributed by atoms with Crippen molar-refractivity contribution in [3.63, 3.8) is 0 Å². The number of carbonyl (C=O) groups is 2. The van der Waals surface area contributed by atoms with E-state index in [-0.39, 0.29) is 31.7 Å². The molecule has 0 N–H and O–H groups in total. The Morgan fingerprint density at radius 1 is 1.12 bits per heavy atom. The molecule has 1 heterocycles. The fraction of sp³-hybridized carbons (Fsp3) is 0.857. The van der Waals surface area contributed by atoms with E-state index in [0.29, 0.717) is 6.42 Å². The second kappa shape index (κ2) is 6.11. The summed E-state index contributed by atoms with van der Waals surface area (Å²) in [6.45, 7) is -0.358. The summed E-state index contributed by atoms with van der Waals surface area (Å²) >= 11 is 0. The molecule has 1 aliphatic carbocycles. The Kier molecular flexibility index (Phi) is 4.80. The zero-order valence-electron chi connectivity index (χ0n) is 12.8. The molecule has 138 valence electrons. The number of amides is 1. The number of hydrogen-bond acceptors (Lipinski definition) is 3. The monoisotopic (exact) mass is 361 g/mol. The molecule has 0 aromatic heterocycles. The number of alkyl halides is 6. The van der Waals surface area contributed by atoms with E-state index in [4.69, 9.17) is 0 Å². The average molecular weight is 361 g/mol. The van der Waals surface area contributed by atoms with Crippen LogP contribution in [0.1, 0.15) is 32.6 Å². The molecule has 10 heteroatoms. The summed E-state index contributed by atoms with van der Waals surface area (Å²) in [4.78, 5) is 24.4. The summed E-state index contributed by atoms with van der Waals surface area (Å²) in [5.41, 5.74) is -2.06. The van der Waals surface area contributed by atoms with Crippen molar-refractivity contribution in [2.24, 2.45) is 11.3 Å². The number of halogens is 6. The molecule has 2 atom stereocenters. The van der Waals surface area contributed by atoms with Gasteiger partial charge >= 0.3 is 24.2 Å². The van der Waals surface area contributed by atoms with Gasteiger partial charge in [-0.2, -0.15) is 26.3 Å². The van der Waals surface area contributed by atoms with Crippen LogP contribution in [-0.2, 0) is 14.3 Å². The fourth-order valence-corrected chi connectivity index (χ4v) is 3.22. The smallest absolute Gasteiger partial charge is 0.422 e. The molecular formula is C14H17F6NO3. The summed E-state index contributed by atoms with van der Waals surface area (Å²) in [7, 11) is 0. The minimum absolute atomic E-state index is 0.0545. The number of nitrogens with zero attached hydrogens (tertiary/aromatic N) is 1. The van der Waals surface area contributed by atoms with Gasteiger partial charge in [0.05, 0.1) is 5.41 Å². The largest absolute Gasteiger partial charge is 0.449 e. The number of rotatable bonds is 2. The predicted octanol–water partition coefficient (Wildman–Crippen LogP) is 3.06. The van der Waals surface area contributed by atoms with E-state index in [1.807, 2.05) is 0 Å². The Morgan fingerprint density at radius 3 is 2.17 bits per heavy atom. The number of esters is 1. The van der Waals surface area contributed by atoms with Crippen molar-refractivity contribution in [1.82, 2.24) is 4.90 Å². The topological polar surface area (TPSA) is 46.6 Å². The summed E-state index contributed by atoms with van der Waals surface area (Å²) in [5.74, 6) is -3.36. The Bertz CT molecular complexity index is 512. The standard InChI is InChI=1S/C14H17F6NO3/c1-8-2-3-9(12(4-5-12)14(18,19)20)21(6-8)10(22)11(23)24-7-13(15,16)17/h8-9H,2-7H2,1H3. The molecule has 0 radical (unpaired) electrons. The van der Waals surface area contributed by atoms with Crippen LogP contribution in [0.2, 0.25) is 0 Å². The molecule has 2 aliphatic rings. The van der Waals surface area contributed by atoms with Crippen LogP contribution in [0.25, 0.3) is 0 Å². The Morgan fingerprint density at radius 2 is 1.71 bits per heavy atom. The molecule has 1 saturated heterocycles. The first kappa shape index (κ1) is 18.9. The van der Waals surface area contributed by atoms with Crippen molar-refractivity contribution in [2.45, 2.75) is 51.0 Å². The maximum atomic E-state index is 13.3. The van der Waals surface area contributed by atoms with Crippen molar-refractivity contribution >= 4 is 11.9 Å². The molecule has 4 nitrogen and oxygen atoms in total. The fourth-order valence-electron chi connectivity index (χ4n) is 3.22. The van der Waals surface area contributed by atoms with Crippen molar-refractivity contribution in [3.05, 3.63) is 0 Å². The van der Waals surface area contributed by atoms with Gasteiger partial charge in [0.15, 0.2) is 6.61 Å². The van der Waals surface area contributed by atoms with Gasteiger partial charge in [0.25, 0.3) is 0 Å². The van der Waals surface area contributed by atoms with E-state index in [0.717, 1.165) is 4.90 Å². The van der Waals surface area contributed by atoms with Crippen LogP contribution in [0.3, 0.4) is 0 Å². The van der Waals surface area contributed by atoms with Crippen LogP contribution in [0, 0.1) is 11.3 Å². The van der Waals surface area contributed by atoms with Crippen molar-refractivity contribution in [2.75, 3.05) is 13.2 Å². The summed E-state index contributed by atoms with van der Waals surface area (Å²) in [5, 5.41) is 0. The first-order chi connectivity index (χ1) is 10.9. The molecule has 0 spiro atoms. The minimum Gasteiger partial charge on any atom is -0.449 e. The van der Waals surface area contributed by atoms with Crippen molar-refractivity contribution in [3.8, 4) is 0 Å². The Balaban J connectivity index is 2.15. The quantitative estimate of drug-likeness (QED) is 0.431. The van der Waals surface area contributed by atoms with Crippen LogP contribution in [0.15, 0.2) is 0 Å². The highest BCUT2D eigenvalue weighted by Gasteiger charge is 2.69. The SMILES string of the molecule is CC1CCC(C2(C(F)(F)F)CC2)N(C(=O)C(=O)OCC(F)(F)F)C1. The van der Waals surface area contributed by atoms with Gasteiger partial charge in [-0.25, -0.2) is 4.79 Å². The molecule has 0 aromatic rings. The molecule has 0 aromatic carbocycles. The highest BCUT2D eigenvalue weighted by molar-refractivity contribution is 6.32. The predicted molar refractivity (Wildman–Crippen MR) is 68.6 cm³/mol. The number of piperidine rings is 1. The summed E-state index contributed by atoms with van der Waals surface area (Å²) in [6.07, 6.45) is -9.16. The number of likely N-dealkylation sites (tertiary alicyclic amines) is 1. The highest BCUT2D eigenvalue weighted by Crippen LogP contribution is 2.62. The summed E-state index contributed by atoms with van der Waals surface area (Å²) < 4.78 is 80.0. The lowest BCUT2D eigenvalue weighted by Gasteiger charge is -2.43. The summed E-state index contributed by atoms with van der Waals surface area (Å²) in [6, 6.07) is -1.24. The van der Waals surface area contributed by atoms with Gasteiger partial charge in [0.1, 0.15) is 0 Å². The van der Waals surface area contributed by atoms with Gasteiger partial charge in [-0.05, 0) is 31.6 Å². The third-order valence-electron chi connectivity index (χ3n) is 4.61. The van der Waals surface area contributed by atoms with Gasteiger partial charge in [-0.15, -0.1) is 0 Å². The number of ether oxygens (including phenoxy) is 1. The van der Waals surface area contributed by atoms with E-state index < -0.39 is 42.3 Å². The van der Waals surface area contributed by atoms with Gasteiger partial charge in [0, 0.05) is 12.6 Å². The Hall–Kier alpha value is -1.48. The minimum atomic E-state index is -4.81. The Labute approximate surface area is 134 Å². The van der Waals surface area contributed by atoms with Crippen LogP contribution in [0.5, 0.6) is 0 Å². The average Bonchev–Trinajstić information content (AvgIpc) is 3.24. The van der Waals surface area contributed by atoms with Gasteiger partial charge in [-0.1, -0.05) is 6.92 Å². The molecule has 2 fully saturated rings. The van der Waals surface area contributed by atoms with E-state index in [9.17, 15) is 35.9 Å². The molecule has 24 heavy (non-hydrogen) atoms. The molecular weight excluding hydrogens is 344 g/mol. The normalized spacial score (nSPS) is 26.9. The number of hydrogen-bond donors (Lipinski definition) is 0. The molecule has 1 aliphatic heterocycles. The zero-order valence-corrected chi connectivity index (χ0v) is 12.8. The molecule has 2 unspecified atom stereocenters. The maximum Gasteiger partial charge on any atom is 0.422 e. The number of carbonyl (C=O) groups excluding carboxylic acids is 2. The van der Waals surface area contributed by atoms with Gasteiger partial charge in [-0.3, -0.25) is 4.79 Å². The van der Waals surface area contributed by atoms with E-state index in [2.05, 4.69) is 4.74 Å². The van der Waals surface area contributed by atoms with Crippen LogP contribution >= 0.6 is 0 Å². The first-order valence-electron chi connectivity index (χ1n) is 7.48. The second-order valence-electron chi connectivity index (χ2n) is 6.50. The molecule has 0 bridgehead atoms. The van der Waals surface area contributed by atoms with Crippen molar-refractivity contribution in [1.29, 1.82) is 0 Å². The second-order valence-corrected chi connectivity index (χ2v) is 6.50. The molecule has 1 amide bonds. The lowest BCUT2D eigenvalue weighted by molar-refractivity contribution is -0.213. The van der Waals surface area contributed by atoms with E-state index >= 15 is 0 Å². The third-order valence-corrected chi connectivity index (χ3v) is 4.61. The molecule has 2 rings (SSSR count). The van der Waals surface area contributed by atoms with Crippen LogP contribution in [0.4, 0.5) is 26.3 Å².